The molecule has 1 aromatic carbocycles. The lowest BCUT2D eigenvalue weighted by molar-refractivity contribution is -0.120. The highest BCUT2D eigenvalue weighted by Crippen LogP contribution is 2.27. The molecule has 1 saturated heterocycles. The molecule has 1 amide bonds. The molecule has 0 spiro atoms. The van der Waals surface area contributed by atoms with Crippen LogP contribution in [0.4, 0.5) is 0 Å². The number of nitrogens with zero attached hydrogens (tertiary/aromatic N) is 1. The number of rotatable bonds is 5. The fourth-order valence-electron chi connectivity index (χ4n) is 4.14. The van der Waals surface area contributed by atoms with Crippen LogP contribution in [0.1, 0.15) is 63.4 Å². The summed E-state index contributed by atoms with van der Waals surface area (Å²) in [4.78, 5) is 12.9. The van der Waals surface area contributed by atoms with Crippen LogP contribution in [0.5, 0.6) is 0 Å². The zero-order valence-corrected chi connectivity index (χ0v) is 18.5. The zero-order valence-electron chi connectivity index (χ0n) is 17.7. The van der Waals surface area contributed by atoms with E-state index in [4.69, 9.17) is 0 Å². The average Bonchev–Trinajstić information content (AvgIpc) is 3.09. The number of carbonyl (C=O) groups is 1. The van der Waals surface area contributed by atoms with Crippen molar-refractivity contribution in [3.63, 3.8) is 0 Å². The highest BCUT2D eigenvalue weighted by molar-refractivity contribution is 7.89. The summed E-state index contributed by atoms with van der Waals surface area (Å²) >= 11 is 0. The van der Waals surface area contributed by atoms with Gasteiger partial charge in [-0.05, 0) is 50.3 Å². The molecule has 0 bridgehead atoms. The van der Waals surface area contributed by atoms with Crippen LogP contribution in [0.3, 0.4) is 0 Å². The van der Waals surface area contributed by atoms with Gasteiger partial charge in [0.05, 0.1) is 10.8 Å². The molecule has 1 aliphatic heterocycles. The number of hydrogen-bond acceptors (Lipinski definition) is 3. The molecule has 1 unspecified atom stereocenters. The number of nitrogens with one attached hydrogen (secondary N) is 1. The summed E-state index contributed by atoms with van der Waals surface area (Å²) in [6, 6.07) is 6.88. The Kier molecular flexibility index (Phi) is 10.3. The van der Waals surface area contributed by atoms with Gasteiger partial charge in [0.25, 0.3) is 0 Å². The van der Waals surface area contributed by atoms with Crippen molar-refractivity contribution in [1.82, 2.24) is 9.62 Å². The van der Waals surface area contributed by atoms with Gasteiger partial charge in [0.1, 0.15) is 0 Å². The molecule has 1 N–H and O–H groups in total. The topological polar surface area (TPSA) is 66.5 Å². The molecule has 0 aromatic heterocycles. The molecule has 1 aromatic rings. The van der Waals surface area contributed by atoms with Crippen LogP contribution in [-0.4, -0.2) is 37.8 Å². The minimum Gasteiger partial charge on any atom is -0.354 e. The first kappa shape index (κ1) is 25.6. The van der Waals surface area contributed by atoms with Crippen LogP contribution in [0.25, 0.3) is 0 Å². The van der Waals surface area contributed by atoms with Gasteiger partial charge in [-0.2, -0.15) is 4.31 Å². The Balaban J connectivity index is 0.00000210. The molecule has 1 atom stereocenters. The van der Waals surface area contributed by atoms with Crippen molar-refractivity contribution in [3.8, 4) is 0 Å². The van der Waals surface area contributed by atoms with Crippen LogP contribution >= 0.6 is 0 Å². The average molecular weight is 420 g/mol. The number of benzene rings is 1. The predicted octanol–water partition coefficient (Wildman–Crippen LogP) is 4.24. The second kappa shape index (κ2) is 11.7. The van der Waals surface area contributed by atoms with Crippen LogP contribution < -0.4 is 5.32 Å². The number of carbonyl (C=O) groups excluding carboxylic acids is 1. The third kappa shape index (κ3) is 6.54. The van der Waals surface area contributed by atoms with Crippen molar-refractivity contribution in [2.45, 2.75) is 75.6 Å². The van der Waals surface area contributed by atoms with E-state index in [1.54, 1.807) is 22.5 Å². The quantitative estimate of drug-likeness (QED) is 0.776. The largest absolute Gasteiger partial charge is 0.354 e. The van der Waals surface area contributed by atoms with Gasteiger partial charge in [0.2, 0.25) is 15.9 Å². The molecular formula is C23H35N2O3S. The third-order valence-electron chi connectivity index (χ3n) is 5.70. The molecule has 1 saturated carbocycles. The van der Waals surface area contributed by atoms with Crippen molar-refractivity contribution >= 4 is 15.9 Å². The van der Waals surface area contributed by atoms with Crippen molar-refractivity contribution in [2.24, 2.45) is 0 Å². The van der Waals surface area contributed by atoms with E-state index in [0.29, 0.717) is 18.0 Å². The Morgan fingerprint density at radius 2 is 1.72 bits per heavy atom. The summed E-state index contributed by atoms with van der Waals surface area (Å²) < 4.78 is 27.6. The standard InChI is InChI=1S/C21H31N2O3S.2CH2/c1-17-9-7-13-20(15-17)27(25,26)23-14-8-12-19(23)16-22-21(24)18-10-5-3-2-4-6-11-18;;/h7,9,13,15,19H,2-6,8,10-12,14,16H2,1H3,(H,22,24);2*1H2. The maximum Gasteiger partial charge on any atom is 0.243 e. The van der Waals surface area contributed by atoms with Gasteiger partial charge < -0.3 is 5.32 Å². The van der Waals surface area contributed by atoms with Crippen LogP contribution in [0.15, 0.2) is 29.2 Å². The van der Waals surface area contributed by atoms with Gasteiger partial charge in [-0.1, -0.05) is 59.1 Å². The van der Waals surface area contributed by atoms with E-state index >= 15 is 0 Å². The lowest BCUT2D eigenvalue weighted by Gasteiger charge is -2.25. The van der Waals surface area contributed by atoms with Gasteiger partial charge in [-0.25, -0.2) is 8.42 Å². The Bertz CT molecular complexity index is 740. The minimum absolute atomic E-state index is 0. The van der Waals surface area contributed by atoms with Crippen LogP contribution in [-0.2, 0) is 14.8 Å². The zero-order chi connectivity index (χ0) is 19.3. The molecule has 5 nitrogen and oxygen atoms in total. The highest BCUT2D eigenvalue weighted by Gasteiger charge is 2.35. The number of hydrogen-bond donors (Lipinski definition) is 1. The van der Waals surface area contributed by atoms with Crippen LogP contribution in [0, 0.1) is 27.7 Å². The Hall–Kier alpha value is -1.40. The maximum absolute atomic E-state index is 13.0. The van der Waals surface area contributed by atoms with E-state index in [9.17, 15) is 13.2 Å². The van der Waals surface area contributed by atoms with Gasteiger partial charge in [-0.3, -0.25) is 4.79 Å². The van der Waals surface area contributed by atoms with Gasteiger partial charge >= 0.3 is 0 Å². The molecule has 1 aliphatic carbocycles. The van der Waals surface area contributed by atoms with E-state index in [0.717, 1.165) is 50.0 Å². The van der Waals surface area contributed by atoms with Crippen molar-refractivity contribution in [3.05, 3.63) is 50.6 Å². The van der Waals surface area contributed by atoms with Crippen molar-refractivity contribution in [1.29, 1.82) is 0 Å². The van der Waals surface area contributed by atoms with Gasteiger partial charge in [0.15, 0.2) is 0 Å². The normalized spacial score (nSPS) is 21.3. The van der Waals surface area contributed by atoms with E-state index in [1.165, 1.54) is 19.3 Å². The molecule has 5 radical (unpaired) electrons. The number of aryl methyl sites for hydroxylation is 1. The highest BCUT2D eigenvalue weighted by atomic mass is 32.2. The number of amides is 1. The summed E-state index contributed by atoms with van der Waals surface area (Å²) in [5, 5.41) is 3.03. The third-order valence-corrected chi connectivity index (χ3v) is 7.64. The molecule has 6 heteroatoms. The lowest BCUT2D eigenvalue weighted by Crippen LogP contribution is -2.44. The molecule has 2 fully saturated rings. The summed E-state index contributed by atoms with van der Waals surface area (Å²) in [7, 11) is -3.52. The monoisotopic (exact) mass is 419 g/mol. The van der Waals surface area contributed by atoms with E-state index in [2.05, 4.69) is 5.32 Å². The molecular weight excluding hydrogens is 384 g/mol. The van der Waals surface area contributed by atoms with Crippen molar-refractivity contribution in [2.75, 3.05) is 13.1 Å². The smallest absolute Gasteiger partial charge is 0.243 e. The maximum atomic E-state index is 13.0. The Morgan fingerprint density at radius 1 is 1.07 bits per heavy atom. The van der Waals surface area contributed by atoms with Gasteiger partial charge in [-0.15, -0.1) is 0 Å². The van der Waals surface area contributed by atoms with Crippen LogP contribution in [0.2, 0.25) is 0 Å². The van der Waals surface area contributed by atoms with E-state index in [1.807, 2.05) is 13.0 Å². The number of sulfonamides is 1. The second-order valence-electron chi connectivity index (χ2n) is 7.81. The first-order valence-corrected chi connectivity index (χ1v) is 11.6. The van der Waals surface area contributed by atoms with E-state index in [-0.39, 0.29) is 26.8 Å². The Labute approximate surface area is 178 Å². The first-order chi connectivity index (χ1) is 13.0. The molecule has 3 rings (SSSR count). The molecule has 1 heterocycles. The first-order valence-electron chi connectivity index (χ1n) is 10.2. The fraction of sp³-hybridized carbons (Fsp3) is 0.565. The molecule has 161 valence electrons. The summed E-state index contributed by atoms with van der Waals surface area (Å²) in [5.74, 6) is 1.01. The second-order valence-corrected chi connectivity index (χ2v) is 9.70. The summed E-state index contributed by atoms with van der Waals surface area (Å²) in [6.45, 7) is 2.81. The summed E-state index contributed by atoms with van der Waals surface area (Å²) in [5.41, 5.74) is 0.931. The SMILES string of the molecule is Cc1cccc(S(=O)(=O)N2CCCC2CNC(=O)[C]2CCCCCCC2)c1.[CH2].[CH2]. The summed E-state index contributed by atoms with van der Waals surface area (Å²) in [6.07, 6.45) is 9.21. The molecule has 2 aliphatic rings. The predicted molar refractivity (Wildman–Crippen MR) is 117 cm³/mol. The fourth-order valence-corrected chi connectivity index (χ4v) is 5.93. The lowest BCUT2D eigenvalue weighted by atomic mass is 9.90. The minimum atomic E-state index is -3.52. The van der Waals surface area contributed by atoms with Gasteiger partial charge in [0, 0.05) is 19.1 Å². The molecule has 29 heavy (non-hydrogen) atoms. The van der Waals surface area contributed by atoms with E-state index < -0.39 is 10.0 Å². The Morgan fingerprint density at radius 3 is 2.38 bits per heavy atom. The van der Waals surface area contributed by atoms with Crippen molar-refractivity contribution < 1.29 is 13.2 Å².